The lowest BCUT2D eigenvalue weighted by molar-refractivity contribution is -0.134. The number of hydrogen-bond donors (Lipinski definition) is 4. The minimum absolute atomic E-state index is 0.0203. The van der Waals surface area contributed by atoms with Crippen molar-refractivity contribution in [1.82, 2.24) is 29.4 Å². The van der Waals surface area contributed by atoms with Crippen molar-refractivity contribution in [3.8, 4) is 11.1 Å². The molecule has 2 aromatic heterocycles. The van der Waals surface area contributed by atoms with Gasteiger partial charge >= 0.3 is 10.2 Å². The minimum atomic E-state index is -4.17. The second kappa shape index (κ2) is 18.4. The summed E-state index contributed by atoms with van der Waals surface area (Å²) >= 11 is 0. The summed E-state index contributed by atoms with van der Waals surface area (Å²) in [6, 6.07) is 19.1. The number of nitrogens with one attached hydrogen (secondary N) is 4. The predicted molar refractivity (Wildman–Crippen MR) is 235 cm³/mol. The van der Waals surface area contributed by atoms with Gasteiger partial charge in [0.25, 0.3) is 0 Å². The number of rotatable bonds is 13. The Morgan fingerprint density at radius 1 is 0.889 bits per heavy atom. The first-order valence-corrected chi connectivity index (χ1v) is 22.8. The Bertz CT molecular complexity index is 2660. The molecule has 3 fully saturated rings. The lowest BCUT2D eigenvalue weighted by Gasteiger charge is -2.36. The summed E-state index contributed by atoms with van der Waals surface area (Å²) < 4.78 is 59.7. The largest absolute Gasteiger partial charge is 0.374 e. The van der Waals surface area contributed by atoms with Crippen molar-refractivity contribution in [2.24, 2.45) is 0 Å². The molecule has 14 nitrogen and oxygen atoms in total. The van der Waals surface area contributed by atoms with Gasteiger partial charge in [-0.05, 0) is 110 Å². The zero-order valence-electron chi connectivity index (χ0n) is 35.1. The zero-order valence-corrected chi connectivity index (χ0v) is 35.9. The van der Waals surface area contributed by atoms with Crippen molar-refractivity contribution in [2.75, 3.05) is 56.4 Å². The van der Waals surface area contributed by atoms with Crippen molar-refractivity contribution in [3.05, 3.63) is 113 Å². The third-order valence-corrected chi connectivity index (χ3v) is 14.2. The first-order valence-electron chi connectivity index (χ1n) is 21.3. The van der Waals surface area contributed by atoms with E-state index in [0.717, 1.165) is 72.0 Å². The molecule has 0 radical (unpaired) electrons. The van der Waals surface area contributed by atoms with Crippen LogP contribution < -0.4 is 15.4 Å². The number of anilines is 2. The minimum Gasteiger partial charge on any atom is -0.374 e. The second-order valence-corrected chi connectivity index (χ2v) is 18.3. The monoisotopic (exact) mass is 880 g/mol. The molecule has 1 unspecified atom stereocenters. The molecule has 1 atom stereocenters. The number of carbonyl (C=O) groups is 4. The number of imide groups is 1. The van der Waals surface area contributed by atoms with Crippen molar-refractivity contribution in [3.63, 3.8) is 0 Å². The molecule has 5 aromatic rings. The summed E-state index contributed by atoms with van der Waals surface area (Å²) in [5.41, 5.74) is 3.42. The van der Waals surface area contributed by atoms with Gasteiger partial charge in [0.15, 0.2) is 5.82 Å². The Morgan fingerprint density at radius 2 is 1.60 bits per heavy atom. The molecule has 3 saturated heterocycles. The molecule has 330 valence electrons. The van der Waals surface area contributed by atoms with Gasteiger partial charge in [-0.25, -0.2) is 13.8 Å². The van der Waals surface area contributed by atoms with Crippen LogP contribution in [0.2, 0.25) is 0 Å². The van der Waals surface area contributed by atoms with Gasteiger partial charge < -0.3 is 15.2 Å². The summed E-state index contributed by atoms with van der Waals surface area (Å²) in [7, 11) is -2.86. The molecular formula is C46H50F2N8O6S. The number of piperidine rings is 3. The molecule has 63 heavy (non-hydrogen) atoms. The van der Waals surface area contributed by atoms with Crippen LogP contribution in [0.4, 0.5) is 20.2 Å². The number of ketones is 1. The summed E-state index contributed by atoms with van der Waals surface area (Å²) in [4.78, 5) is 62.8. The van der Waals surface area contributed by atoms with E-state index in [4.69, 9.17) is 0 Å². The highest BCUT2D eigenvalue weighted by molar-refractivity contribution is 7.90. The Balaban J connectivity index is 0.905. The van der Waals surface area contributed by atoms with Crippen molar-refractivity contribution >= 4 is 56.1 Å². The summed E-state index contributed by atoms with van der Waals surface area (Å²) in [5, 5.41) is 5.98. The van der Waals surface area contributed by atoms with Crippen LogP contribution in [0.15, 0.2) is 79.1 Å². The lowest BCUT2D eigenvalue weighted by atomic mass is 9.83. The third-order valence-electron chi connectivity index (χ3n) is 12.7. The van der Waals surface area contributed by atoms with Crippen molar-refractivity contribution < 1.29 is 36.4 Å². The number of likely N-dealkylation sites (tertiary alicyclic amines) is 2. The van der Waals surface area contributed by atoms with Crippen LogP contribution >= 0.6 is 0 Å². The van der Waals surface area contributed by atoms with E-state index < -0.39 is 44.9 Å². The van der Waals surface area contributed by atoms with E-state index >= 15 is 8.78 Å². The first kappa shape index (κ1) is 43.6. The maximum Gasteiger partial charge on any atom is 0.301 e. The van der Waals surface area contributed by atoms with E-state index in [9.17, 15) is 27.6 Å². The van der Waals surface area contributed by atoms with E-state index in [-0.39, 0.29) is 35.7 Å². The van der Waals surface area contributed by atoms with Crippen molar-refractivity contribution in [1.29, 1.82) is 0 Å². The molecule has 0 aliphatic carbocycles. The molecule has 3 aliphatic heterocycles. The van der Waals surface area contributed by atoms with E-state index in [1.165, 1.54) is 18.8 Å². The first-order chi connectivity index (χ1) is 30.3. The Labute approximate surface area is 364 Å². The smallest absolute Gasteiger partial charge is 0.301 e. The van der Waals surface area contributed by atoms with Gasteiger partial charge in [0.2, 0.25) is 23.5 Å². The van der Waals surface area contributed by atoms with Gasteiger partial charge in [-0.2, -0.15) is 12.7 Å². The number of benzene rings is 3. The number of aromatic amines is 1. The van der Waals surface area contributed by atoms with Crippen molar-refractivity contribution in [2.45, 2.75) is 63.3 Å². The number of nitrogens with zero attached hydrogens (tertiary/aromatic N) is 4. The molecule has 0 bridgehead atoms. The number of fused-ring (bicyclic) bond motifs is 1. The molecule has 0 saturated carbocycles. The number of pyridine rings is 1. The summed E-state index contributed by atoms with van der Waals surface area (Å²) in [6.07, 6.45) is 7.05. The standard InChI is InChI=1S/C46H50F2N8O6S/c1-3-54(2)63(61,62)53-37-13-12-36(47)42(43(37)48)44(59)35-26-50-45-41(35)34(16-21-49-45)33-7-5-4-6-32(33)30-19-24-56(25-20-30)40(58)27-55-22-17-29(18-23-55)28-8-10-31(11-9-28)51-38-14-15-39(57)52-46(38)60/h4-13,16,21,26,29-30,38,51,53H,3,14-15,17-20,22-25,27H2,1-2H3,(H,49,50)(H,52,57,60). The van der Waals surface area contributed by atoms with Crippen LogP contribution in [-0.4, -0.2) is 108 Å². The fourth-order valence-electron chi connectivity index (χ4n) is 8.96. The molecule has 17 heteroatoms. The molecule has 3 amide bonds. The molecule has 0 spiro atoms. The number of H-pyrrole nitrogens is 1. The van der Waals surface area contributed by atoms with Gasteiger partial charge in [0.1, 0.15) is 17.5 Å². The molecule has 8 rings (SSSR count). The SMILES string of the molecule is CCN(C)S(=O)(=O)Nc1ccc(F)c(C(=O)c2c[nH]c3nccc(-c4ccccc4C4CCN(C(=O)CN5CCC(c6ccc(NC7CCC(=O)NC7=O)cc6)CC5)CC4)c23)c1F. The van der Waals surface area contributed by atoms with Gasteiger partial charge in [-0.15, -0.1) is 0 Å². The fraction of sp³-hybridized carbons (Fsp3) is 0.370. The number of hydrogen-bond acceptors (Lipinski definition) is 9. The highest BCUT2D eigenvalue weighted by atomic mass is 32.2. The molecule has 3 aromatic carbocycles. The average molecular weight is 881 g/mol. The Kier molecular flexibility index (Phi) is 12.7. The van der Waals surface area contributed by atoms with E-state index in [2.05, 4.69) is 42.4 Å². The van der Waals surface area contributed by atoms with Crippen LogP contribution in [0.5, 0.6) is 0 Å². The predicted octanol–water partition coefficient (Wildman–Crippen LogP) is 6.15. The van der Waals surface area contributed by atoms with E-state index in [0.29, 0.717) is 55.0 Å². The van der Waals surface area contributed by atoms with Gasteiger partial charge in [-0.3, -0.25) is 34.1 Å². The number of aromatic nitrogens is 2. The van der Waals surface area contributed by atoms with Crippen LogP contribution in [0, 0.1) is 11.6 Å². The van der Waals surface area contributed by atoms with Crippen LogP contribution in [0.3, 0.4) is 0 Å². The van der Waals surface area contributed by atoms with Crippen LogP contribution in [-0.2, 0) is 24.6 Å². The normalized spacial score (nSPS) is 18.2. The summed E-state index contributed by atoms with van der Waals surface area (Å²) in [5.74, 6) is -3.42. The lowest BCUT2D eigenvalue weighted by Crippen LogP contribution is -2.47. The highest BCUT2D eigenvalue weighted by Crippen LogP contribution is 2.40. The highest BCUT2D eigenvalue weighted by Gasteiger charge is 2.32. The van der Waals surface area contributed by atoms with Gasteiger partial charge in [0, 0.05) is 56.6 Å². The molecule has 5 heterocycles. The molecular weight excluding hydrogens is 831 g/mol. The van der Waals surface area contributed by atoms with Crippen LogP contribution in [0.1, 0.15) is 84.3 Å². The Morgan fingerprint density at radius 3 is 2.32 bits per heavy atom. The number of carbonyl (C=O) groups excluding carboxylic acids is 4. The molecule has 3 aliphatic rings. The number of amides is 3. The molecule has 4 N–H and O–H groups in total. The average Bonchev–Trinajstić information content (AvgIpc) is 3.73. The topological polar surface area (TPSA) is 177 Å². The summed E-state index contributed by atoms with van der Waals surface area (Å²) in [6.45, 7) is 4.84. The Hall–Kier alpha value is -6.04. The van der Waals surface area contributed by atoms with Gasteiger partial charge in [0.05, 0.1) is 23.4 Å². The van der Waals surface area contributed by atoms with Crippen LogP contribution in [0.25, 0.3) is 22.2 Å². The maximum absolute atomic E-state index is 15.9. The zero-order chi connectivity index (χ0) is 44.4. The van der Waals surface area contributed by atoms with E-state index in [1.807, 2.05) is 41.3 Å². The quantitative estimate of drug-likeness (QED) is 0.0799. The number of halogens is 2. The third kappa shape index (κ3) is 9.22. The maximum atomic E-state index is 15.9. The van der Waals surface area contributed by atoms with E-state index in [1.54, 1.807) is 19.2 Å². The fourth-order valence-corrected chi connectivity index (χ4v) is 9.89. The second-order valence-electron chi connectivity index (χ2n) is 16.5. The van der Waals surface area contributed by atoms with Gasteiger partial charge in [-0.1, -0.05) is 43.3 Å².